The molecule has 0 saturated heterocycles. The zero-order valence-corrected chi connectivity index (χ0v) is 16.7. The highest BCUT2D eigenvalue weighted by molar-refractivity contribution is 6.30. The predicted octanol–water partition coefficient (Wildman–Crippen LogP) is 4.32. The Morgan fingerprint density at radius 3 is 2.55 bits per heavy atom. The summed E-state index contributed by atoms with van der Waals surface area (Å²) in [5.74, 6) is -4.92. The summed E-state index contributed by atoms with van der Waals surface area (Å²) in [6.45, 7) is 1.79. The highest BCUT2D eigenvalue weighted by Crippen LogP contribution is 2.22. The maximum Gasteiger partial charge on any atom is 0.244 e. The molecule has 0 atom stereocenters. The Bertz CT molecular complexity index is 909. The van der Waals surface area contributed by atoms with Crippen LogP contribution in [0.1, 0.15) is 18.4 Å². The van der Waals surface area contributed by atoms with E-state index in [1.54, 1.807) is 18.2 Å². The van der Waals surface area contributed by atoms with Crippen molar-refractivity contribution in [2.24, 2.45) is 0 Å². The summed E-state index contributed by atoms with van der Waals surface area (Å²) in [5.41, 5.74) is 0.378. The van der Waals surface area contributed by atoms with Crippen molar-refractivity contribution >= 4 is 29.1 Å². The van der Waals surface area contributed by atoms with Gasteiger partial charge in [0.25, 0.3) is 0 Å². The Balaban J connectivity index is 1.77. The topological polar surface area (TPSA) is 58.6 Å². The number of nitrogens with zero attached hydrogens (tertiary/aromatic N) is 1. The van der Waals surface area contributed by atoms with Crippen LogP contribution in [-0.4, -0.2) is 36.9 Å². The standard InChI is InChI=1S/C20H20ClF3N2O3/c1-12-10-13(21)5-8-16(12)29-9-3-4-18(28)26(2)11-17(27)25-15-7-6-14(22)19(23)20(15)24/h5-8,10H,3-4,9,11H2,1-2H3,(H,25,27). The van der Waals surface area contributed by atoms with Crippen LogP contribution >= 0.6 is 11.6 Å². The molecule has 29 heavy (non-hydrogen) atoms. The Kier molecular flexibility index (Phi) is 7.90. The predicted molar refractivity (Wildman–Crippen MR) is 104 cm³/mol. The number of nitrogens with one attached hydrogen (secondary N) is 1. The summed E-state index contributed by atoms with van der Waals surface area (Å²) >= 11 is 5.88. The summed E-state index contributed by atoms with van der Waals surface area (Å²) in [4.78, 5) is 25.2. The lowest BCUT2D eigenvalue weighted by molar-refractivity contribution is -0.133. The Hall–Kier alpha value is -2.74. The molecule has 0 unspecified atom stereocenters. The van der Waals surface area contributed by atoms with Gasteiger partial charge in [0.2, 0.25) is 11.8 Å². The molecule has 0 aliphatic carbocycles. The second-order valence-corrected chi connectivity index (χ2v) is 6.82. The lowest BCUT2D eigenvalue weighted by Gasteiger charge is -2.17. The van der Waals surface area contributed by atoms with Gasteiger partial charge in [0.15, 0.2) is 17.5 Å². The molecule has 2 amide bonds. The van der Waals surface area contributed by atoms with E-state index < -0.39 is 29.0 Å². The molecular weight excluding hydrogens is 409 g/mol. The Labute approximate surface area is 171 Å². The molecule has 0 aliphatic rings. The summed E-state index contributed by atoms with van der Waals surface area (Å²) in [7, 11) is 1.41. The first-order valence-electron chi connectivity index (χ1n) is 8.75. The zero-order valence-electron chi connectivity index (χ0n) is 15.9. The minimum Gasteiger partial charge on any atom is -0.493 e. The number of aryl methyl sites for hydroxylation is 1. The second-order valence-electron chi connectivity index (χ2n) is 6.38. The van der Waals surface area contributed by atoms with Crippen molar-refractivity contribution in [3.8, 4) is 5.75 Å². The van der Waals surface area contributed by atoms with Gasteiger partial charge in [-0.25, -0.2) is 13.2 Å². The third kappa shape index (κ3) is 6.39. The molecule has 5 nitrogen and oxygen atoms in total. The Morgan fingerprint density at radius 1 is 1.14 bits per heavy atom. The number of hydrogen-bond acceptors (Lipinski definition) is 3. The van der Waals surface area contributed by atoms with E-state index in [-0.39, 0.29) is 18.9 Å². The van der Waals surface area contributed by atoms with Gasteiger partial charge in [0, 0.05) is 18.5 Å². The van der Waals surface area contributed by atoms with E-state index in [0.717, 1.165) is 16.5 Å². The minimum absolute atomic E-state index is 0.135. The van der Waals surface area contributed by atoms with Gasteiger partial charge in [0.1, 0.15) is 5.75 Å². The third-order valence-electron chi connectivity index (χ3n) is 4.05. The van der Waals surface area contributed by atoms with E-state index in [1.807, 2.05) is 6.92 Å². The van der Waals surface area contributed by atoms with Crippen LogP contribution in [0.25, 0.3) is 0 Å². The molecule has 0 bridgehead atoms. The van der Waals surface area contributed by atoms with Gasteiger partial charge in [-0.3, -0.25) is 9.59 Å². The maximum atomic E-state index is 13.6. The van der Waals surface area contributed by atoms with Gasteiger partial charge in [-0.05, 0) is 49.2 Å². The fourth-order valence-corrected chi connectivity index (χ4v) is 2.71. The van der Waals surface area contributed by atoms with Crippen molar-refractivity contribution in [2.75, 3.05) is 25.5 Å². The number of likely N-dealkylation sites (N-methyl/N-ethyl adjacent to an activating group) is 1. The number of anilines is 1. The van der Waals surface area contributed by atoms with E-state index in [1.165, 1.54) is 7.05 Å². The molecule has 156 valence electrons. The normalized spacial score (nSPS) is 10.6. The SMILES string of the molecule is Cc1cc(Cl)ccc1OCCCC(=O)N(C)CC(=O)Nc1ccc(F)c(F)c1F. The summed E-state index contributed by atoms with van der Waals surface area (Å²) < 4.78 is 45.3. The molecule has 0 aromatic heterocycles. The van der Waals surface area contributed by atoms with Crippen LogP contribution in [0.15, 0.2) is 30.3 Å². The van der Waals surface area contributed by atoms with Crippen LogP contribution in [0.5, 0.6) is 5.75 Å². The fourth-order valence-electron chi connectivity index (χ4n) is 2.49. The van der Waals surface area contributed by atoms with E-state index in [0.29, 0.717) is 29.9 Å². The van der Waals surface area contributed by atoms with Gasteiger partial charge in [-0.15, -0.1) is 0 Å². The first kappa shape index (κ1) is 22.5. The number of carbonyl (C=O) groups is 2. The highest BCUT2D eigenvalue weighted by Gasteiger charge is 2.17. The second kappa shape index (κ2) is 10.2. The number of ether oxygens (including phenoxy) is 1. The van der Waals surface area contributed by atoms with E-state index in [9.17, 15) is 22.8 Å². The molecule has 0 saturated carbocycles. The number of benzene rings is 2. The molecule has 0 spiro atoms. The maximum absolute atomic E-state index is 13.6. The van der Waals surface area contributed by atoms with Crippen LogP contribution < -0.4 is 10.1 Å². The number of carbonyl (C=O) groups excluding carboxylic acids is 2. The molecule has 0 heterocycles. The van der Waals surface area contributed by atoms with Crippen molar-refractivity contribution in [2.45, 2.75) is 19.8 Å². The van der Waals surface area contributed by atoms with Crippen molar-refractivity contribution in [1.29, 1.82) is 0 Å². The molecule has 0 radical (unpaired) electrons. The average molecular weight is 429 g/mol. The smallest absolute Gasteiger partial charge is 0.244 e. The Morgan fingerprint density at radius 2 is 1.86 bits per heavy atom. The van der Waals surface area contributed by atoms with Crippen LogP contribution in [0.2, 0.25) is 5.02 Å². The zero-order chi connectivity index (χ0) is 21.6. The van der Waals surface area contributed by atoms with Gasteiger partial charge in [-0.1, -0.05) is 11.6 Å². The number of hydrogen-bond donors (Lipinski definition) is 1. The van der Waals surface area contributed by atoms with Gasteiger partial charge >= 0.3 is 0 Å². The first-order chi connectivity index (χ1) is 13.7. The summed E-state index contributed by atoms with van der Waals surface area (Å²) in [6.07, 6.45) is 0.556. The molecule has 0 aliphatic heterocycles. The summed E-state index contributed by atoms with van der Waals surface area (Å²) in [5, 5.41) is 2.72. The van der Waals surface area contributed by atoms with Crippen LogP contribution in [0, 0.1) is 24.4 Å². The van der Waals surface area contributed by atoms with E-state index >= 15 is 0 Å². The quantitative estimate of drug-likeness (QED) is 0.503. The van der Waals surface area contributed by atoms with Gasteiger partial charge in [-0.2, -0.15) is 0 Å². The lowest BCUT2D eigenvalue weighted by Crippen LogP contribution is -2.35. The molecule has 2 aromatic rings. The van der Waals surface area contributed by atoms with E-state index in [4.69, 9.17) is 16.3 Å². The van der Waals surface area contributed by atoms with Crippen molar-refractivity contribution < 1.29 is 27.5 Å². The highest BCUT2D eigenvalue weighted by atomic mass is 35.5. The summed E-state index contributed by atoms with van der Waals surface area (Å²) in [6, 6.07) is 6.82. The van der Waals surface area contributed by atoms with Crippen molar-refractivity contribution in [3.05, 3.63) is 58.4 Å². The largest absolute Gasteiger partial charge is 0.493 e. The third-order valence-corrected chi connectivity index (χ3v) is 4.28. The molecule has 0 fully saturated rings. The minimum atomic E-state index is -1.68. The fraction of sp³-hybridized carbons (Fsp3) is 0.300. The van der Waals surface area contributed by atoms with Crippen LogP contribution in [0.3, 0.4) is 0 Å². The molecule has 9 heteroatoms. The molecule has 2 rings (SSSR count). The molecule has 2 aromatic carbocycles. The van der Waals surface area contributed by atoms with E-state index in [2.05, 4.69) is 5.32 Å². The van der Waals surface area contributed by atoms with Crippen molar-refractivity contribution in [3.63, 3.8) is 0 Å². The van der Waals surface area contributed by atoms with Crippen LogP contribution in [0.4, 0.5) is 18.9 Å². The molecule has 1 N–H and O–H groups in total. The van der Waals surface area contributed by atoms with Crippen LogP contribution in [-0.2, 0) is 9.59 Å². The number of amides is 2. The average Bonchev–Trinajstić information content (AvgIpc) is 2.66. The lowest BCUT2D eigenvalue weighted by atomic mass is 10.2. The molecular formula is C20H20ClF3N2O3. The monoisotopic (exact) mass is 428 g/mol. The number of rotatable bonds is 8. The van der Waals surface area contributed by atoms with Gasteiger partial charge < -0.3 is 15.0 Å². The first-order valence-corrected chi connectivity index (χ1v) is 9.13. The van der Waals surface area contributed by atoms with Crippen molar-refractivity contribution in [1.82, 2.24) is 4.90 Å². The number of halogens is 4. The van der Waals surface area contributed by atoms with Gasteiger partial charge in [0.05, 0.1) is 18.8 Å².